The zero-order valence-electron chi connectivity index (χ0n) is 20.0. The number of carboxylic acid groups (broad SMARTS) is 1. The van der Waals surface area contributed by atoms with E-state index in [1.54, 1.807) is 80.3 Å². The van der Waals surface area contributed by atoms with E-state index in [1.807, 2.05) is 0 Å². The maximum atomic E-state index is 12.5. The van der Waals surface area contributed by atoms with Crippen LogP contribution in [-0.4, -0.2) is 57.9 Å². The Kier molecular flexibility index (Phi) is 8.26. The van der Waals surface area contributed by atoms with Crippen LogP contribution in [-0.2, 0) is 14.3 Å². The molecule has 2 unspecified atom stereocenters. The maximum Gasteiger partial charge on any atom is 0.412 e. The van der Waals surface area contributed by atoms with Crippen LogP contribution in [0.5, 0.6) is 0 Å². The third kappa shape index (κ3) is 7.66. The molecule has 1 fully saturated rings. The molecule has 1 aliphatic rings. The number of aliphatic hydroxyl groups is 1. The van der Waals surface area contributed by atoms with E-state index in [2.05, 4.69) is 10.6 Å². The topological polar surface area (TPSA) is 128 Å². The number of ether oxygens (including phenoxy) is 1. The van der Waals surface area contributed by atoms with Crippen molar-refractivity contribution in [2.24, 2.45) is 0 Å². The minimum Gasteiger partial charge on any atom is -0.480 e. The van der Waals surface area contributed by atoms with E-state index in [1.165, 1.54) is 6.08 Å². The summed E-state index contributed by atoms with van der Waals surface area (Å²) in [5.74, 6) is -1.37. The highest BCUT2D eigenvalue weighted by Crippen LogP contribution is 2.26. The highest BCUT2D eigenvalue weighted by Gasteiger charge is 2.32. The first-order valence-corrected chi connectivity index (χ1v) is 11.3. The molecule has 3 rings (SSSR count). The second kappa shape index (κ2) is 11.2. The maximum absolute atomic E-state index is 12.5. The van der Waals surface area contributed by atoms with Gasteiger partial charge >= 0.3 is 12.1 Å². The number of carboxylic acids is 1. The fraction of sp³-hybridized carbons (Fsp3) is 0.346. The van der Waals surface area contributed by atoms with Crippen molar-refractivity contribution in [3.63, 3.8) is 0 Å². The van der Waals surface area contributed by atoms with Gasteiger partial charge in [0, 0.05) is 19.2 Å². The third-order valence-electron chi connectivity index (χ3n) is 5.29. The Bertz CT molecular complexity index is 1090. The van der Waals surface area contributed by atoms with Crippen molar-refractivity contribution < 1.29 is 29.3 Å². The largest absolute Gasteiger partial charge is 0.480 e. The highest BCUT2D eigenvalue weighted by atomic mass is 16.6. The molecule has 4 N–H and O–H groups in total. The summed E-state index contributed by atoms with van der Waals surface area (Å²) >= 11 is 0. The monoisotopic (exact) mass is 481 g/mol. The minimum atomic E-state index is -0.972. The number of benzene rings is 2. The van der Waals surface area contributed by atoms with Gasteiger partial charge in [0.2, 0.25) is 5.91 Å². The summed E-state index contributed by atoms with van der Waals surface area (Å²) in [6.07, 6.45) is 2.37. The van der Waals surface area contributed by atoms with Crippen molar-refractivity contribution in [2.45, 2.75) is 44.9 Å². The summed E-state index contributed by atoms with van der Waals surface area (Å²) in [4.78, 5) is 38.1. The van der Waals surface area contributed by atoms with Crippen LogP contribution >= 0.6 is 0 Å². The van der Waals surface area contributed by atoms with E-state index in [-0.39, 0.29) is 0 Å². The van der Waals surface area contributed by atoms with Crippen LogP contribution in [0.2, 0.25) is 0 Å². The lowest BCUT2D eigenvalue weighted by molar-refractivity contribution is -0.143. The zero-order valence-corrected chi connectivity index (χ0v) is 20.0. The summed E-state index contributed by atoms with van der Waals surface area (Å²) in [5, 5.41) is 24.8. The van der Waals surface area contributed by atoms with Crippen LogP contribution in [0.3, 0.4) is 0 Å². The van der Waals surface area contributed by atoms with Gasteiger partial charge in [-0.15, -0.1) is 0 Å². The number of anilines is 2. The highest BCUT2D eigenvalue weighted by molar-refractivity contribution is 6.05. The Balaban J connectivity index is 1.63. The van der Waals surface area contributed by atoms with Gasteiger partial charge in [-0.2, -0.15) is 0 Å². The lowest BCUT2D eigenvalue weighted by Gasteiger charge is -2.24. The quantitative estimate of drug-likeness (QED) is 0.442. The lowest BCUT2D eigenvalue weighted by atomic mass is 10.0. The molecular formula is C26H31N3O6. The first kappa shape index (κ1) is 25.9. The molecule has 35 heavy (non-hydrogen) atoms. The number of hydrogen-bond donors (Lipinski definition) is 4. The first-order valence-electron chi connectivity index (χ1n) is 11.3. The Labute approximate surface area is 204 Å². The number of rotatable bonds is 7. The zero-order chi connectivity index (χ0) is 25.6. The summed E-state index contributed by atoms with van der Waals surface area (Å²) in [7, 11) is 0. The van der Waals surface area contributed by atoms with Gasteiger partial charge in [-0.1, -0.05) is 36.4 Å². The van der Waals surface area contributed by atoms with Gasteiger partial charge in [0.25, 0.3) is 0 Å². The van der Waals surface area contributed by atoms with Gasteiger partial charge in [0.15, 0.2) is 0 Å². The number of para-hydroxylation sites is 2. The molecule has 1 heterocycles. The predicted molar refractivity (Wildman–Crippen MR) is 133 cm³/mol. The average Bonchev–Trinajstić information content (AvgIpc) is 3.18. The molecule has 0 bridgehead atoms. The molecule has 0 radical (unpaired) electrons. The first-order chi connectivity index (χ1) is 16.5. The Morgan fingerprint density at radius 2 is 1.69 bits per heavy atom. The summed E-state index contributed by atoms with van der Waals surface area (Å²) in [6.45, 7) is 6.12. The van der Waals surface area contributed by atoms with Crippen molar-refractivity contribution in [3.05, 3.63) is 65.7 Å². The molecule has 0 aliphatic carbocycles. The van der Waals surface area contributed by atoms with Crippen molar-refractivity contribution in [3.8, 4) is 0 Å². The number of aliphatic hydroxyl groups excluding tert-OH is 1. The van der Waals surface area contributed by atoms with Gasteiger partial charge in [-0.3, -0.25) is 19.8 Å². The SMILES string of the molecule is CC(C)(C)OC(=O)Nc1ccccc1NC(=O)/C=C/c1ccc(C(C(=O)O)N2CCC(O)C2)cc1. The molecule has 1 aliphatic heterocycles. The molecule has 2 amide bonds. The van der Waals surface area contributed by atoms with E-state index >= 15 is 0 Å². The van der Waals surface area contributed by atoms with Crippen LogP contribution in [0.25, 0.3) is 6.08 Å². The van der Waals surface area contributed by atoms with Crippen LogP contribution in [0.1, 0.15) is 44.4 Å². The standard InChI is InChI=1S/C26H31N3O6/c1-26(2,3)35-25(34)28-21-7-5-4-6-20(21)27-22(31)13-10-17-8-11-18(12-9-17)23(24(32)33)29-15-14-19(30)16-29/h4-13,19,23,30H,14-16H2,1-3H3,(H,27,31)(H,28,34)(H,32,33)/b13-10+. The number of likely N-dealkylation sites (tertiary alicyclic amines) is 1. The Hall–Kier alpha value is -3.69. The van der Waals surface area contributed by atoms with E-state index < -0.39 is 35.7 Å². The molecule has 1 saturated heterocycles. The average molecular weight is 482 g/mol. The minimum absolute atomic E-state index is 0.322. The number of β-amino-alcohol motifs (C(OH)–C–C–N with tert-alkyl or cyclic N) is 1. The van der Waals surface area contributed by atoms with Gasteiger partial charge in [-0.25, -0.2) is 4.79 Å². The van der Waals surface area contributed by atoms with Gasteiger partial charge in [0.1, 0.15) is 11.6 Å². The Morgan fingerprint density at radius 1 is 1.06 bits per heavy atom. The molecule has 2 atom stereocenters. The number of amides is 2. The van der Waals surface area contributed by atoms with E-state index in [4.69, 9.17) is 4.74 Å². The van der Waals surface area contributed by atoms with Crippen LogP contribution in [0, 0.1) is 0 Å². The van der Waals surface area contributed by atoms with Crippen molar-refractivity contribution in [1.82, 2.24) is 4.90 Å². The molecule has 0 aromatic heterocycles. The van der Waals surface area contributed by atoms with E-state index in [0.717, 1.165) is 5.56 Å². The second-order valence-corrected chi connectivity index (χ2v) is 9.34. The molecule has 2 aromatic rings. The normalized spacial score (nSPS) is 17.2. The fourth-order valence-corrected chi connectivity index (χ4v) is 3.76. The number of hydrogen-bond acceptors (Lipinski definition) is 6. The van der Waals surface area contributed by atoms with Crippen LogP contribution in [0.4, 0.5) is 16.2 Å². The Morgan fingerprint density at radius 3 is 2.23 bits per heavy atom. The van der Waals surface area contributed by atoms with E-state index in [9.17, 15) is 24.6 Å². The number of carbonyl (C=O) groups excluding carboxylic acids is 2. The number of nitrogens with zero attached hydrogens (tertiary/aromatic N) is 1. The molecule has 9 nitrogen and oxygen atoms in total. The van der Waals surface area contributed by atoms with E-state index in [0.29, 0.717) is 36.4 Å². The van der Waals surface area contributed by atoms with Crippen molar-refractivity contribution in [1.29, 1.82) is 0 Å². The molecule has 9 heteroatoms. The second-order valence-electron chi connectivity index (χ2n) is 9.34. The summed E-state index contributed by atoms with van der Waals surface area (Å²) < 4.78 is 5.26. The van der Waals surface area contributed by atoms with Gasteiger partial charge in [0.05, 0.1) is 17.5 Å². The molecule has 186 valence electrons. The number of nitrogens with one attached hydrogen (secondary N) is 2. The number of carbonyl (C=O) groups is 3. The van der Waals surface area contributed by atoms with Crippen molar-refractivity contribution in [2.75, 3.05) is 23.7 Å². The lowest BCUT2D eigenvalue weighted by Crippen LogP contribution is -2.33. The smallest absolute Gasteiger partial charge is 0.412 e. The van der Waals surface area contributed by atoms with Gasteiger partial charge < -0.3 is 20.3 Å². The van der Waals surface area contributed by atoms with Crippen molar-refractivity contribution >= 4 is 35.4 Å². The van der Waals surface area contributed by atoms with Crippen LogP contribution < -0.4 is 10.6 Å². The van der Waals surface area contributed by atoms with Gasteiger partial charge in [-0.05, 0) is 56.5 Å². The molecule has 0 spiro atoms. The van der Waals surface area contributed by atoms with Crippen LogP contribution in [0.15, 0.2) is 54.6 Å². The number of aliphatic carboxylic acids is 1. The molecule has 2 aromatic carbocycles. The predicted octanol–water partition coefficient (Wildman–Crippen LogP) is 3.88. The summed E-state index contributed by atoms with van der Waals surface area (Å²) in [5.41, 5.74) is 1.49. The summed E-state index contributed by atoms with van der Waals surface area (Å²) in [6, 6.07) is 12.8. The third-order valence-corrected chi connectivity index (χ3v) is 5.29. The molecular weight excluding hydrogens is 450 g/mol. The molecule has 0 saturated carbocycles. The fourth-order valence-electron chi connectivity index (χ4n) is 3.76.